The first-order valence-corrected chi connectivity index (χ1v) is 8.14. The lowest BCUT2D eigenvalue weighted by Crippen LogP contribution is -2.42. The molecular formula is C18H22N4O2. The Bertz CT molecular complexity index is 703. The second-order valence-electron chi connectivity index (χ2n) is 5.50. The van der Waals surface area contributed by atoms with Gasteiger partial charge in [-0.15, -0.1) is 0 Å². The molecule has 3 rings (SSSR count). The summed E-state index contributed by atoms with van der Waals surface area (Å²) >= 11 is 0. The molecule has 0 spiro atoms. The molecule has 0 bridgehead atoms. The van der Waals surface area contributed by atoms with Gasteiger partial charge in [0.25, 0.3) is 0 Å². The van der Waals surface area contributed by atoms with Gasteiger partial charge in [-0.1, -0.05) is 18.2 Å². The fourth-order valence-corrected chi connectivity index (χ4v) is 2.73. The Kier molecular flexibility index (Phi) is 5.28. The van der Waals surface area contributed by atoms with Gasteiger partial charge >= 0.3 is 0 Å². The standard InChI is InChI=1S/C18H22N4O2/c1-2-24-15-7-3-6-14(17(15)23)16-18(21-10-9-20-16)22-12-13-5-4-8-19-11-13/h3-8,11,16,20,23H,2,9-10,12H2,1H3,(H,21,22). The van der Waals surface area contributed by atoms with Crippen molar-refractivity contribution in [1.29, 1.82) is 0 Å². The molecule has 1 unspecified atom stereocenters. The summed E-state index contributed by atoms with van der Waals surface area (Å²) in [5.74, 6) is 1.47. The third kappa shape index (κ3) is 3.65. The minimum atomic E-state index is -0.184. The van der Waals surface area contributed by atoms with Crippen molar-refractivity contribution < 1.29 is 9.84 Å². The zero-order chi connectivity index (χ0) is 16.8. The monoisotopic (exact) mass is 326 g/mol. The maximum atomic E-state index is 10.5. The number of hydrogen-bond donors (Lipinski definition) is 3. The van der Waals surface area contributed by atoms with Gasteiger partial charge in [-0.05, 0) is 24.6 Å². The number of phenolic OH excluding ortho intramolecular Hbond substituents is 1. The van der Waals surface area contributed by atoms with Crippen LogP contribution in [0.25, 0.3) is 0 Å². The molecule has 126 valence electrons. The normalized spacial score (nSPS) is 17.2. The van der Waals surface area contributed by atoms with Gasteiger partial charge in [-0.25, -0.2) is 0 Å². The zero-order valence-corrected chi connectivity index (χ0v) is 13.7. The van der Waals surface area contributed by atoms with Gasteiger partial charge in [-0.2, -0.15) is 0 Å². The largest absolute Gasteiger partial charge is 0.504 e. The Morgan fingerprint density at radius 3 is 3.04 bits per heavy atom. The second-order valence-corrected chi connectivity index (χ2v) is 5.50. The van der Waals surface area contributed by atoms with Gasteiger partial charge in [-0.3, -0.25) is 9.98 Å². The first-order valence-electron chi connectivity index (χ1n) is 8.14. The Hall–Kier alpha value is -2.60. The highest BCUT2D eigenvalue weighted by Crippen LogP contribution is 2.34. The first-order chi connectivity index (χ1) is 11.8. The van der Waals surface area contributed by atoms with Crippen LogP contribution in [0, 0.1) is 0 Å². The van der Waals surface area contributed by atoms with Gasteiger partial charge in [0.2, 0.25) is 0 Å². The minimum Gasteiger partial charge on any atom is -0.504 e. The molecular weight excluding hydrogens is 304 g/mol. The maximum Gasteiger partial charge on any atom is 0.163 e. The Morgan fingerprint density at radius 2 is 2.25 bits per heavy atom. The summed E-state index contributed by atoms with van der Waals surface area (Å²) in [7, 11) is 0. The molecule has 6 heteroatoms. The number of aliphatic imine (C=N–C) groups is 1. The van der Waals surface area contributed by atoms with E-state index in [-0.39, 0.29) is 11.8 Å². The predicted octanol–water partition coefficient (Wildman–Crippen LogP) is 2.02. The summed E-state index contributed by atoms with van der Waals surface area (Å²) in [5, 5.41) is 17.3. The molecule has 6 nitrogen and oxygen atoms in total. The van der Waals surface area contributed by atoms with E-state index in [9.17, 15) is 5.11 Å². The lowest BCUT2D eigenvalue weighted by Gasteiger charge is -2.27. The van der Waals surface area contributed by atoms with E-state index in [1.54, 1.807) is 12.3 Å². The number of phenols is 1. The number of benzene rings is 1. The first kappa shape index (κ1) is 16.3. The predicted molar refractivity (Wildman–Crippen MR) is 93.4 cm³/mol. The summed E-state index contributed by atoms with van der Waals surface area (Å²) in [6.45, 7) is 4.51. The average molecular weight is 326 g/mol. The van der Waals surface area contributed by atoms with Crippen molar-refractivity contribution in [3.8, 4) is 11.5 Å². The van der Waals surface area contributed by atoms with Gasteiger partial charge in [0.15, 0.2) is 11.5 Å². The van der Waals surface area contributed by atoms with Crippen molar-refractivity contribution in [3.63, 3.8) is 0 Å². The van der Waals surface area contributed by atoms with E-state index in [1.165, 1.54) is 0 Å². The fraction of sp³-hybridized carbons (Fsp3) is 0.333. The molecule has 1 atom stereocenters. The van der Waals surface area contributed by atoms with Crippen LogP contribution >= 0.6 is 0 Å². The molecule has 0 saturated carbocycles. The number of rotatable bonds is 5. The van der Waals surface area contributed by atoms with E-state index in [0.717, 1.165) is 23.5 Å². The number of para-hydroxylation sites is 1. The minimum absolute atomic E-state index is 0.162. The lowest BCUT2D eigenvalue weighted by atomic mass is 10.0. The highest BCUT2D eigenvalue weighted by atomic mass is 16.5. The quantitative estimate of drug-likeness (QED) is 0.783. The number of pyridine rings is 1. The highest BCUT2D eigenvalue weighted by Gasteiger charge is 2.24. The molecule has 1 aliphatic heterocycles. The molecule has 0 fully saturated rings. The third-order valence-electron chi connectivity index (χ3n) is 3.85. The summed E-state index contributed by atoms with van der Waals surface area (Å²) in [4.78, 5) is 8.71. The van der Waals surface area contributed by atoms with E-state index in [2.05, 4.69) is 20.6 Å². The van der Waals surface area contributed by atoms with Crippen molar-refractivity contribution >= 4 is 5.84 Å². The van der Waals surface area contributed by atoms with Crippen LogP contribution in [0.2, 0.25) is 0 Å². The molecule has 1 aliphatic rings. The summed E-state index contributed by atoms with van der Waals surface area (Å²) in [5.41, 5.74) is 1.84. The van der Waals surface area contributed by atoms with E-state index < -0.39 is 0 Å². The Morgan fingerprint density at radius 1 is 1.33 bits per heavy atom. The molecule has 1 aromatic heterocycles. The molecule has 24 heavy (non-hydrogen) atoms. The van der Waals surface area contributed by atoms with Crippen LogP contribution in [-0.2, 0) is 6.54 Å². The van der Waals surface area contributed by atoms with E-state index in [0.29, 0.717) is 25.4 Å². The maximum absolute atomic E-state index is 10.5. The van der Waals surface area contributed by atoms with Crippen LogP contribution in [0.4, 0.5) is 0 Å². The molecule has 3 N–H and O–H groups in total. The second kappa shape index (κ2) is 7.79. The van der Waals surface area contributed by atoms with Crippen molar-refractivity contribution in [2.75, 3.05) is 19.7 Å². The SMILES string of the molecule is CCOc1cccc(C2NCCN=C2NCc2cccnc2)c1O. The number of ether oxygens (including phenoxy) is 1. The number of nitrogens with one attached hydrogen (secondary N) is 2. The molecule has 0 saturated heterocycles. The molecule has 1 aromatic carbocycles. The van der Waals surface area contributed by atoms with E-state index in [1.807, 2.05) is 37.4 Å². The van der Waals surface area contributed by atoms with Crippen LogP contribution < -0.4 is 15.4 Å². The topological polar surface area (TPSA) is 78.8 Å². The number of aromatic nitrogens is 1. The van der Waals surface area contributed by atoms with Crippen molar-refractivity contribution in [3.05, 3.63) is 53.9 Å². The van der Waals surface area contributed by atoms with Crippen molar-refractivity contribution in [2.45, 2.75) is 19.5 Å². The highest BCUT2D eigenvalue weighted by molar-refractivity contribution is 5.90. The molecule has 0 aliphatic carbocycles. The number of nitrogens with zero attached hydrogens (tertiary/aromatic N) is 2. The van der Waals surface area contributed by atoms with Crippen LogP contribution in [0.1, 0.15) is 24.1 Å². The molecule has 0 radical (unpaired) electrons. The average Bonchev–Trinajstić information content (AvgIpc) is 2.63. The fourth-order valence-electron chi connectivity index (χ4n) is 2.73. The Labute approximate surface area is 141 Å². The van der Waals surface area contributed by atoms with Gasteiger partial charge in [0.05, 0.1) is 19.2 Å². The van der Waals surface area contributed by atoms with Crippen molar-refractivity contribution in [1.82, 2.24) is 15.6 Å². The van der Waals surface area contributed by atoms with Gasteiger partial charge in [0, 0.05) is 31.0 Å². The van der Waals surface area contributed by atoms with Gasteiger partial charge < -0.3 is 20.5 Å². The number of amidine groups is 1. The smallest absolute Gasteiger partial charge is 0.163 e. The summed E-state index contributed by atoms with van der Waals surface area (Å²) < 4.78 is 5.49. The molecule has 2 aromatic rings. The van der Waals surface area contributed by atoms with Crippen LogP contribution in [0.3, 0.4) is 0 Å². The Balaban J connectivity index is 1.80. The molecule has 0 amide bonds. The summed E-state index contributed by atoms with van der Waals surface area (Å²) in [6.07, 6.45) is 3.58. The molecule has 2 heterocycles. The lowest BCUT2D eigenvalue weighted by molar-refractivity contribution is 0.315. The van der Waals surface area contributed by atoms with E-state index >= 15 is 0 Å². The zero-order valence-electron chi connectivity index (χ0n) is 13.7. The van der Waals surface area contributed by atoms with Gasteiger partial charge in [0.1, 0.15) is 5.84 Å². The third-order valence-corrected chi connectivity index (χ3v) is 3.85. The number of hydrogen-bond acceptors (Lipinski definition) is 6. The van der Waals surface area contributed by atoms with Crippen LogP contribution in [-0.4, -0.2) is 35.6 Å². The summed E-state index contributed by atoms with van der Waals surface area (Å²) in [6, 6.07) is 9.28. The van der Waals surface area contributed by atoms with E-state index in [4.69, 9.17) is 4.74 Å². The number of aromatic hydroxyl groups is 1. The van der Waals surface area contributed by atoms with Crippen LogP contribution in [0.15, 0.2) is 47.7 Å². The van der Waals surface area contributed by atoms with Crippen molar-refractivity contribution in [2.24, 2.45) is 4.99 Å². The van der Waals surface area contributed by atoms with Crippen LogP contribution in [0.5, 0.6) is 11.5 Å².